The number of amides is 1. The Morgan fingerprint density at radius 3 is 1.90 bits per heavy atom. The number of nitrogens with zero attached hydrogens (tertiary/aromatic N) is 4. The molecule has 8 rings (SSSR count). The molecule has 1 amide bonds. The Balaban J connectivity index is 1.37. The van der Waals surface area contributed by atoms with Crippen molar-refractivity contribution in [3.8, 4) is 11.3 Å². The van der Waals surface area contributed by atoms with Crippen LogP contribution in [0.3, 0.4) is 0 Å². The van der Waals surface area contributed by atoms with Gasteiger partial charge in [-0.1, -0.05) is 121 Å². The molecule has 0 aliphatic carbocycles. The maximum Gasteiger partial charge on any atom is 0.289 e. The fourth-order valence-electron chi connectivity index (χ4n) is 6.99. The van der Waals surface area contributed by atoms with E-state index in [2.05, 4.69) is 92.9 Å². The van der Waals surface area contributed by atoms with E-state index in [0.717, 1.165) is 50.0 Å². The van der Waals surface area contributed by atoms with Crippen molar-refractivity contribution in [2.75, 3.05) is 6.61 Å². The van der Waals surface area contributed by atoms with Gasteiger partial charge in [-0.2, -0.15) is 0 Å². The topological polar surface area (TPSA) is 109 Å². The zero-order valence-corrected chi connectivity index (χ0v) is 27.4. The largest absolute Gasteiger partial charge is 0.394 e. The van der Waals surface area contributed by atoms with E-state index in [9.17, 15) is 9.90 Å². The van der Waals surface area contributed by atoms with E-state index < -0.39 is 17.5 Å². The first-order valence-corrected chi connectivity index (χ1v) is 16.5. The Kier molecular flexibility index (Phi) is 7.98. The lowest BCUT2D eigenvalue weighted by Gasteiger charge is -2.37. The molecule has 1 atom stereocenters. The number of pyridine rings is 1. The van der Waals surface area contributed by atoms with Crippen LogP contribution in [0.2, 0.25) is 0 Å². The highest BCUT2D eigenvalue weighted by molar-refractivity contribution is 6.03. The van der Waals surface area contributed by atoms with Crippen molar-refractivity contribution < 1.29 is 9.90 Å². The molecule has 0 spiro atoms. The van der Waals surface area contributed by atoms with Crippen LogP contribution in [0.25, 0.3) is 33.2 Å². The number of hydrogen-bond donors (Lipinski definition) is 3. The quantitative estimate of drug-likeness (QED) is 0.139. The van der Waals surface area contributed by atoms with Gasteiger partial charge in [0.15, 0.2) is 0 Å². The lowest BCUT2D eigenvalue weighted by Crippen LogP contribution is -2.38. The van der Waals surface area contributed by atoms with E-state index >= 15 is 0 Å². The van der Waals surface area contributed by atoms with Crippen LogP contribution >= 0.6 is 0 Å². The first kappa shape index (κ1) is 30.9. The van der Waals surface area contributed by atoms with Gasteiger partial charge in [0.25, 0.3) is 5.91 Å². The molecule has 3 heterocycles. The molecule has 0 aliphatic rings. The van der Waals surface area contributed by atoms with Crippen LogP contribution in [0.1, 0.15) is 44.5 Å². The molecule has 0 radical (unpaired) electrons. The summed E-state index contributed by atoms with van der Waals surface area (Å²) >= 11 is 0. The number of aromatic amines is 1. The molecular weight excluding hydrogens is 621 g/mol. The van der Waals surface area contributed by atoms with Crippen molar-refractivity contribution in [1.29, 1.82) is 0 Å². The number of aryl methyl sites for hydroxylation is 1. The zero-order valence-electron chi connectivity index (χ0n) is 27.4. The molecule has 244 valence electrons. The predicted octanol–water partition coefficient (Wildman–Crippen LogP) is 7.59. The molecule has 0 bridgehead atoms. The number of fused-ring (bicyclic) bond motifs is 2. The first-order valence-electron chi connectivity index (χ1n) is 16.5. The third-order valence-corrected chi connectivity index (χ3v) is 9.29. The summed E-state index contributed by atoms with van der Waals surface area (Å²) in [5.41, 5.74) is 8.08. The summed E-state index contributed by atoms with van der Waals surface area (Å²) in [6.45, 7) is 1.72. The lowest BCUT2D eigenvalue weighted by atomic mass is 9.77. The molecule has 1 unspecified atom stereocenters. The molecular formula is C42H34N6O2. The Labute approximate surface area is 289 Å². The van der Waals surface area contributed by atoms with Crippen LogP contribution in [0.5, 0.6) is 0 Å². The van der Waals surface area contributed by atoms with Crippen LogP contribution in [-0.4, -0.2) is 42.4 Å². The molecule has 5 aromatic carbocycles. The second-order valence-electron chi connectivity index (χ2n) is 12.4. The van der Waals surface area contributed by atoms with Gasteiger partial charge in [-0.3, -0.25) is 19.6 Å². The molecule has 8 heteroatoms. The number of hydrogen-bond acceptors (Lipinski definition) is 5. The van der Waals surface area contributed by atoms with E-state index in [1.54, 1.807) is 12.4 Å². The van der Waals surface area contributed by atoms with E-state index in [-0.39, 0.29) is 12.4 Å². The summed E-state index contributed by atoms with van der Waals surface area (Å²) in [5, 5.41) is 17.8. The van der Waals surface area contributed by atoms with Crippen LogP contribution in [0, 0.1) is 6.92 Å². The third kappa shape index (κ3) is 5.32. The average molecular weight is 655 g/mol. The number of H-pyrrole nitrogens is 1. The lowest BCUT2D eigenvalue weighted by molar-refractivity contribution is 0.0907. The summed E-state index contributed by atoms with van der Waals surface area (Å²) in [6, 6.07) is 46.5. The average Bonchev–Trinajstić information content (AvgIpc) is 3.76. The summed E-state index contributed by atoms with van der Waals surface area (Å²) in [5.74, 6) is -0.414. The fraction of sp³-hybridized carbons (Fsp3) is 0.0952. The smallest absolute Gasteiger partial charge is 0.289 e. The van der Waals surface area contributed by atoms with E-state index in [4.69, 9.17) is 9.97 Å². The van der Waals surface area contributed by atoms with Crippen LogP contribution in [-0.2, 0) is 5.54 Å². The molecule has 0 saturated heterocycles. The normalized spacial score (nSPS) is 12.3. The van der Waals surface area contributed by atoms with Crippen LogP contribution in [0.15, 0.2) is 152 Å². The highest BCUT2D eigenvalue weighted by Crippen LogP contribution is 2.44. The van der Waals surface area contributed by atoms with Gasteiger partial charge in [0.05, 0.1) is 34.9 Å². The number of nitrogens with one attached hydrogen (secondary N) is 2. The van der Waals surface area contributed by atoms with Crippen LogP contribution < -0.4 is 5.32 Å². The molecule has 50 heavy (non-hydrogen) atoms. The fourth-order valence-corrected chi connectivity index (χ4v) is 6.99. The number of benzene rings is 5. The van der Waals surface area contributed by atoms with Crippen molar-refractivity contribution >= 4 is 27.8 Å². The predicted molar refractivity (Wildman–Crippen MR) is 196 cm³/mol. The minimum Gasteiger partial charge on any atom is -0.394 e. The van der Waals surface area contributed by atoms with Gasteiger partial charge >= 0.3 is 0 Å². The van der Waals surface area contributed by atoms with Crippen molar-refractivity contribution in [2.45, 2.75) is 18.5 Å². The van der Waals surface area contributed by atoms with Crippen LogP contribution in [0.4, 0.5) is 0 Å². The maximum absolute atomic E-state index is 13.6. The number of carbonyl (C=O) groups is 1. The number of imidazole rings is 1. The third-order valence-electron chi connectivity index (χ3n) is 9.29. The number of aliphatic hydroxyl groups excluding tert-OH is 1. The molecule has 0 fully saturated rings. The Bertz CT molecular complexity index is 2330. The highest BCUT2D eigenvalue weighted by atomic mass is 16.3. The SMILES string of the molecule is Cc1cccc(C(CO)NC(=O)c2nc3cc4c(-c5ccncc5)[nH]n(C(c5ccccc5)(c5ccccc5)c5ccccc5)c4cc3n2)c1. The second-order valence-corrected chi connectivity index (χ2v) is 12.4. The summed E-state index contributed by atoms with van der Waals surface area (Å²) < 4.78 is 2.21. The zero-order chi connectivity index (χ0) is 34.1. The number of carbonyl (C=O) groups excluding carboxylic acids is 1. The van der Waals surface area contributed by atoms with Crippen molar-refractivity contribution in [1.82, 2.24) is 30.0 Å². The van der Waals surface area contributed by atoms with Gasteiger partial charge in [0, 0.05) is 23.3 Å². The molecule has 0 aliphatic heterocycles. The van der Waals surface area contributed by atoms with Gasteiger partial charge in [0.1, 0.15) is 5.54 Å². The monoisotopic (exact) mass is 654 g/mol. The van der Waals surface area contributed by atoms with Gasteiger partial charge in [-0.25, -0.2) is 9.97 Å². The summed E-state index contributed by atoms with van der Waals surface area (Å²) in [7, 11) is 0. The Morgan fingerprint density at radius 1 is 0.760 bits per heavy atom. The molecule has 3 N–H and O–H groups in total. The minimum atomic E-state index is -0.830. The molecule has 8 nitrogen and oxygen atoms in total. The highest BCUT2D eigenvalue weighted by Gasteiger charge is 2.40. The van der Waals surface area contributed by atoms with Gasteiger partial charge in [0.2, 0.25) is 5.82 Å². The molecule has 3 aromatic heterocycles. The second kappa shape index (κ2) is 12.9. The Hall–Kier alpha value is -6.38. The number of aliphatic hydroxyl groups is 1. The van der Waals surface area contributed by atoms with E-state index in [1.165, 1.54) is 0 Å². The minimum absolute atomic E-state index is 0.0418. The maximum atomic E-state index is 13.6. The van der Waals surface area contributed by atoms with Crippen molar-refractivity contribution in [3.63, 3.8) is 0 Å². The molecule has 0 saturated carbocycles. The first-order chi connectivity index (χ1) is 24.6. The van der Waals surface area contributed by atoms with Crippen molar-refractivity contribution in [2.24, 2.45) is 0 Å². The standard InChI is InChI=1S/C42H34N6O2/c1-28-12-11-13-30(24-28)37(27-49)46-41(50)40-44-35-25-34-38(26-36(35)45-40)48(47-39(34)29-20-22-43-23-21-29)42(31-14-5-2-6-15-31,32-16-7-3-8-17-32)33-18-9-4-10-19-33/h2-26,37,47,49H,27H2,1H3,(H,46,50). The number of rotatable bonds is 9. The van der Waals surface area contributed by atoms with Crippen molar-refractivity contribution in [3.05, 3.63) is 186 Å². The van der Waals surface area contributed by atoms with Gasteiger partial charge in [-0.05, 0) is 53.4 Å². The van der Waals surface area contributed by atoms with Gasteiger partial charge in [-0.15, -0.1) is 0 Å². The Morgan fingerprint density at radius 2 is 1.34 bits per heavy atom. The van der Waals surface area contributed by atoms with Gasteiger partial charge < -0.3 is 10.4 Å². The molecule has 8 aromatic rings. The van der Waals surface area contributed by atoms with E-state index in [0.29, 0.717) is 11.0 Å². The summed E-state index contributed by atoms with van der Waals surface area (Å²) in [6.07, 6.45) is 3.56. The van der Waals surface area contributed by atoms with E-state index in [1.807, 2.05) is 73.7 Å². The number of aromatic nitrogens is 5. The summed E-state index contributed by atoms with van der Waals surface area (Å²) in [4.78, 5) is 27.3.